The lowest BCUT2D eigenvalue weighted by molar-refractivity contribution is -0.143. The number of carbonyl (C=O) groups is 1. The van der Waals surface area contributed by atoms with E-state index in [2.05, 4.69) is 15.6 Å². The highest BCUT2D eigenvalue weighted by Crippen LogP contribution is 2.21. The van der Waals surface area contributed by atoms with Crippen molar-refractivity contribution >= 4 is 11.9 Å². The second-order valence-corrected chi connectivity index (χ2v) is 5.98. The van der Waals surface area contributed by atoms with E-state index in [1.165, 1.54) is 0 Å². The van der Waals surface area contributed by atoms with Gasteiger partial charge in [0.15, 0.2) is 5.96 Å². The molecule has 0 bridgehead atoms. The van der Waals surface area contributed by atoms with Crippen molar-refractivity contribution in [2.24, 2.45) is 4.99 Å². The molecule has 0 radical (unpaired) electrons. The van der Waals surface area contributed by atoms with Gasteiger partial charge in [-0.15, -0.1) is 0 Å². The summed E-state index contributed by atoms with van der Waals surface area (Å²) in [4.78, 5) is 16.0. The van der Waals surface area contributed by atoms with E-state index in [0.29, 0.717) is 51.7 Å². The van der Waals surface area contributed by atoms with Gasteiger partial charge in [0.05, 0.1) is 19.8 Å². The molecule has 0 saturated heterocycles. The minimum absolute atomic E-state index is 0.168. The van der Waals surface area contributed by atoms with E-state index < -0.39 is 0 Å². The molecule has 2 N–H and O–H groups in total. The Labute approximate surface area is 162 Å². The van der Waals surface area contributed by atoms with E-state index in [0.717, 1.165) is 23.4 Å². The third-order valence-electron chi connectivity index (χ3n) is 3.67. The monoisotopic (exact) mass is 379 g/mol. The Bertz CT molecular complexity index is 591. The number of ether oxygens (including phenoxy) is 3. The minimum atomic E-state index is -0.168. The van der Waals surface area contributed by atoms with Crippen LogP contribution in [-0.4, -0.2) is 51.9 Å². The number of hydrogen-bond acceptors (Lipinski definition) is 5. The van der Waals surface area contributed by atoms with Crippen LogP contribution in [0.1, 0.15) is 37.8 Å². The van der Waals surface area contributed by atoms with Crippen LogP contribution in [0.15, 0.2) is 23.2 Å². The highest BCUT2D eigenvalue weighted by atomic mass is 16.5. The first kappa shape index (κ1) is 22.8. The molecule has 7 nitrogen and oxygen atoms in total. The lowest BCUT2D eigenvalue weighted by atomic mass is 10.1. The van der Waals surface area contributed by atoms with Crippen molar-refractivity contribution in [2.75, 3.05) is 40.0 Å². The lowest BCUT2D eigenvalue weighted by Gasteiger charge is -2.13. The molecule has 0 unspecified atom stereocenters. The van der Waals surface area contributed by atoms with Crippen LogP contribution in [0.4, 0.5) is 0 Å². The first-order valence-electron chi connectivity index (χ1n) is 9.49. The molecule has 0 aromatic heterocycles. The van der Waals surface area contributed by atoms with Crippen molar-refractivity contribution in [2.45, 2.75) is 40.2 Å². The summed E-state index contributed by atoms with van der Waals surface area (Å²) in [6.45, 7) is 9.23. The summed E-state index contributed by atoms with van der Waals surface area (Å²) >= 11 is 0. The lowest BCUT2D eigenvalue weighted by Crippen LogP contribution is -2.37. The maximum Gasteiger partial charge on any atom is 0.305 e. The molecule has 0 aliphatic heterocycles. The van der Waals surface area contributed by atoms with Gasteiger partial charge in [0, 0.05) is 32.2 Å². The summed E-state index contributed by atoms with van der Waals surface area (Å²) in [5.74, 6) is 1.37. The van der Waals surface area contributed by atoms with Crippen molar-refractivity contribution in [3.05, 3.63) is 29.3 Å². The van der Waals surface area contributed by atoms with Crippen LogP contribution in [0.25, 0.3) is 0 Å². The Hall–Kier alpha value is -2.28. The van der Waals surface area contributed by atoms with Crippen LogP contribution in [0.2, 0.25) is 0 Å². The van der Waals surface area contributed by atoms with Gasteiger partial charge in [-0.3, -0.25) is 4.79 Å². The van der Waals surface area contributed by atoms with Gasteiger partial charge < -0.3 is 24.8 Å². The van der Waals surface area contributed by atoms with Gasteiger partial charge in [0.1, 0.15) is 12.4 Å². The molecule has 0 atom stereocenters. The Morgan fingerprint density at radius 1 is 1.19 bits per heavy atom. The molecule has 152 valence electrons. The first-order chi connectivity index (χ1) is 13.1. The van der Waals surface area contributed by atoms with Gasteiger partial charge in [0.25, 0.3) is 0 Å². The summed E-state index contributed by atoms with van der Waals surface area (Å²) in [6, 6.07) is 6.10. The van der Waals surface area contributed by atoms with Crippen molar-refractivity contribution in [3.63, 3.8) is 0 Å². The summed E-state index contributed by atoms with van der Waals surface area (Å²) in [7, 11) is 1.65. The Kier molecular flexibility index (Phi) is 11.7. The zero-order valence-corrected chi connectivity index (χ0v) is 17.0. The number of nitrogens with zero attached hydrogens (tertiary/aromatic N) is 1. The van der Waals surface area contributed by atoms with Crippen molar-refractivity contribution in [1.29, 1.82) is 0 Å². The molecule has 0 saturated carbocycles. The van der Waals surface area contributed by atoms with Gasteiger partial charge in [-0.2, -0.15) is 0 Å². The molecule has 1 aromatic rings. The zero-order chi connectivity index (χ0) is 19.9. The molecule has 1 rings (SSSR count). The SMILES string of the molecule is CCNC(=NCc1ccc(C)cc1OCCOC)NCCCC(=O)OCC. The first-order valence-corrected chi connectivity index (χ1v) is 9.49. The van der Waals surface area contributed by atoms with Crippen LogP contribution in [0, 0.1) is 6.92 Å². The molecule has 0 fully saturated rings. The standard InChI is InChI=1S/C20H33N3O4/c1-5-21-20(22-11-7-8-19(24)26-6-2)23-15-17-10-9-16(3)14-18(17)27-13-12-25-4/h9-10,14H,5-8,11-13,15H2,1-4H3,(H2,21,22,23). The van der Waals surface area contributed by atoms with Gasteiger partial charge in [-0.1, -0.05) is 12.1 Å². The number of methoxy groups -OCH3 is 1. The van der Waals surface area contributed by atoms with Crippen LogP contribution >= 0.6 is 0 Å². The summed E-state index contributed by atoms with van der Waals surface area (Å²) < 4.78 is 15.8. The number of guanidine groups is 1. The average Bonchev–Trinajstić information content (AvgIpc) is 2.64. The summed E-state index contributed by atoms with van der Waals surface area (Å²) in [6.07, 6.45) is 1.09. The molecule has 0 spiro atoms. The fourth-order valence-corrected chi connectivity index (χ4v) is 2.34. The van der Waals surface area contributed by atoms with E-state index in [9.17, 15) is 4.79 Å². The Balaban J connectivity index is 2.62. The number of esters is 1. The number of carbonyl (C=O) groups excluding carboxylic acids is 1. The third kappa shape index (κ3) is 9.84. The number of rotatable bonds is 12. The largest absolute Gasteiger partial charge is 0.491 e. The maximum absolute atomic E-state index is 11.4. The predicted molar refractivity (Wildman–Crippen MR) is 107 cm³/mol. The molecule has 0 aliphatic carbocycles. The van der Waals surface area contributed by atoms with Gasteiger partial charge in [0.2, 0.25) is 0 Å². The Morgan fingerprint density at radius 3 is 2.70 bits per heavy atom. The van der Waals surface area contributed by atoms with Crippen molar-refractivity contribution in [1.82, 2.24) is 10.6 Å². The highest BCUT2D eigenvalue weighted by molar-refractivity contribution is 5.79. The zero-order valence-electron chi connectivity index (χ0n) is 17.0. The number of hydrogen-bond donors (Lipinski definition) is 2. The molecule has 0 aliphatic rings. The van der Waals surface area contributed by atoms with E-state index >= 15 is 0 Å². The average molecular weight is 380 g/mol. The van der Waals surface area contributed by atoms with Crippen LogP contribution in [-0.2, 0) is 20.8 Å². The summed E-state index contributed by atoms with van der Waals surface area (Å²) in [5.41, 5.74) is 2.15. The van der Waals surface area contributed by atoms with Crippen molar-refractivity contribution < 1.29 is 19.0 Å². The number of aliphatic imine (C=N–C) groups is 1. The van der Waals surface area contributed by atoms with E-state index in [1.54, 1.807) is 7.11 Å². The minimum Gasteiger partial charge on any atom is -0.491 e. The second-order valence-electron chi connectivity index (χ2n) is 5.98. The molecule has 1 aromatic carbocycles. The van der Waals surface area contributed by atoms with E-state index in [4.69, 9.17) is 14.2 Å². The molecular weight excluding hydrogens is 346 g/mol. The van der Waals surface area contributed by atoms with Crippen LogP contribution < -0.4 is 15.4 Å². The van der Waals surface area contributed by atoms with E-state index in [1.807, 2.05) is 39.0 Å². The topological polar surface area (TPSA) is 81.2 Å². The van der Waals surface area contributed by atoms with Crippen LogP contribution in [0.5, 0.6) is 5.75 Å². The predicted octanol–water partition coefficient (Wildman–Crippen LogP) is 2.42. The summed E-state index contributed by atoms with van der Waals surface area (Å²) in [5, 5.41) is 6.45. The highest BCUT2D eigenvalue weighted by Gasteiger charge is 2.06. The molecule has 27 heavy (non-hydrogen) atoms. The van der Waals surface area contributed by atoms with Crippen molar-refractivity contribution in [3.8, 4) is 5.75 Å². The smallest absolute Gasteiger partial charge is 0.305 e. The fourth-order valence-electron chi connectivity index (χ4n) is 2.34. The molecule has 0 amide bonds. The number of nitrogens with one attached hydrogen (secondary N) is 2. The third-order valence-corrected chi connectivity index (χ3v) is 3.67. The number of aryl methyl sites for hydroxylation is 1. The maximum atomic E-state index is 11.4. The van der Waals surface area contributed by atoms with Crippen LogP contribution in [0.3, 0.4) is 0 Å². The van der Waals surface area contributed by atoms with Gasteiger partial charge in [-0.25, -0.2) is 4.99 Å². The fraction of sp³-hybridized carbons (Fsp3) is 0.600. The van der Waals surface area contributed by atoms with Gasteiger partial charge in [-0.05, 0) is 38.8 Å². The molecule has 7 heteroatoms. The van der Waals surface area contributed by atoms with Gasteiger partial charge >= 0.3 is 5.97 Å². The number of benzene rings is 1. The molecular formula is C20H33N3O4. The normalized spacial score (nSPS) is 11.2. The second kappa shape index (κ2) is 13.9. The van der Waals surface area contributed by atoms with E-state index in [-0.39, 0.29) is 5.97 Å². The Morgan fingerprint density at radius 2 is 2.00 bits per heavy atom. The molecule has 0 heterocycles. The quantitative estimate of drug-likeness (QED) is 0.251.